The van der Waals surface area contributed by atoms with E-state index in [2.05, 4.69) is 0 Å². The molecule has 2 aliphatic rings. The topological polar surface area (TPSA) is 99.2 Å². The molecule has 1 amide bonds. The van der Waals surface area contributed by atoms with Gasteiger partial charge in [-0.25, -0.2) is 13.2 Å². The predicted molar refractivity (Wildman–Crippen MR) is 101 cm³/mol. The minimum atomic E-state index is -3.11. The highest BCUT2D eigenvalue weighted by molar-refractivity contribution is 7.91. The van der Waals surface area contributed by atoms with Gasteiger partial charge in [-0.3, -0.25) is 4.79 Å². The standard InChI is InChI=1S/C19H25NO7S/c1-2-3-9-20(14-8-10-28(23,24)13-14)18(21)12-26-19(22)17-11-25-15-6-4-5-7-16(15)27-17/h4-7,14,17H,2-3,8-13H2,1H3/t14-,17-/m0/s1. The fourth-order valence-corrected chi connectivity index (χ4v) is 5.04. The van der Waals surface area contributed by atoms with Crippen LogP contribution in [0.15, 0.2) is 24.3 Å². The molecule has 1 aromatic rings. The number of hydrogen-bond donors (Lipinski definition) is 0. The lowest BCUT2D eigenvalue weighted by Gasteiger charge is -2.29. The van der Waals surface area contributed by atoms with Crippen molar-refractivity contribution in [3.8, 4) is 11.5 Å². The molecular weight excluding hydrogens is 386 g/mol. The van der Waals surface area contributed by atoms with Crippen molar-refractivity contribution < 1.29 is 32.2 Å². The van der Waals surface area contributed by atoms with E-state index in [0.717, 1.165) is 12.8 Å². The van der Waals surface area contributed by atoms with Crippen molar-refractivity contribution in [1.82, 2.24) is 4.90 Å². The third kappa shape index (κ3) is 4.95. The Morgan fingerprint density at radius 1 is 1.25 bits per heavy atom. The van der Waals surface area contributed by atoms with E-state index >= 15 is 0 Å². The van der Waals surface area contributed by atoms with E-state index in [1.54, 1.807) is 24.3 Å². The van der Waals surface area contributed by atoms with Gasteiger partial charge in [-0.2, -0.15) is 0 Å². The first-order chi connectivity index (χ1) is 13.4. The van der Waals surface area contributed by atoms with Gasteiger partial charge in [-0.05, 0) is 25.0 Å². The quantitative estimate of drug-likeness (QED) is 0.621. The van der Waals surface area contributed by atoms with E-state index < -0.39 is 28.5 Å². The number of amides is 1. The van der Waals surface area contributed by atoms with Crippen molar-refractivity contribution in [3.63, 3.8) is 0 Å². The fraction of sp³-hybridized carbons (Fsp3) is 0.579. The number of esters is 1. The molecule has 154 valence electrons. The summed E-state index contributed by atoms with van der Waals surface area (Å²) in [5, 5.41) is 0. The molecule has 0 aliphatic carbocycles. The number of ether oxygens (including phenoxy) is 3. The minimum absolute atomic E-state index is 0.00442. The van der Waals surface area contributed by atoms with Crippen LogP contribution in [0.25, 0.3) is 0 Å². The van der Waals surface area contributed by atoms with Gasteiger partial charge in [0.2, 0.25) is 6.10 Å². The highest BCUT2D eigenvalue weighted by atomic mass is 32.2. The van der Waals surface area contributed by atoms with Crippen LogP contribution in [-0.4, -0.2) is 68.6 Å². The van der Waals surface area contributed by atoms with Gasteiger partial charge in [0.25, 0.3) is 5.91 Å². The van der Waals surface area contributed by atoms with Crippen molar-refractivity contribution in [1.29, 1.82) is 0 Å². The fourth-order valence-electron chi connectivity index (χ4n) is 3.30. The number of nitrogens with zero attached hydrogens (tertiary/aromatic N) is 1. The van der Waals surface area contributed by atoms with E-state index in [-0.39, 0.29) is 30.1 Å². The van der Waals surface area contributed by atoms with E-state index in [1.165, 1.54) is 4.90 Å². The van der Waals surface area contributed by atoms with Gasteiger partial charge < -0.3 is 19.1 Å². The number of fused-ring (bicyclic) bond motifs is 1. The molecule has 28 heavy (non-hydrogen) atoms. The Morgan fingerprint density at radius 2 is 2.00 bits per heavy atom. The largest absolute Gasteiger partial charge is 0.485 e. The minimum Gasteiger partial charge on any atom is -0.485 e. The Kier molecular flexibility index (Phi) is 6.43. The van der Waals surface area contributed by atoms with E-state index in [4.69, 9.17) is 14.2 Å². The third-order valence-electron chi connectivity index (χ3n) is 4.83. The molecule has 9 heteroatoms. The second kappa shape index (κ2) is 8.81. The number of hydrogen-bond acceptors (Lipinski definition) is 7. The summed E-state index contributed by atoms with van der Waals surface area (Å²) >= 11 is 0. The summed E-state index contributed by atoms with van der Waals surface area (Å²) in [4.78, 5) is 26.4. The maximum Gasteiger partial charge on any atom is 0.351 e. The summed E-state index contributed by atoms with van der Waals surface area (Å²) < 4.78 is 39.7. The Labute approximate surface area is 164 Å². The van der Waals surface area contributed by atoms with Crippen molar-refractivity contribution in [2.75, 3.05) is 31.3 Å². The number of rotatable bonds is 7. The van der Waals surface area contributed by atoms with Crippen LogP contribution in [0.1, 0.15) is 26.2 Å². The average molecular weight is 411 g/mol. The lowest BCUT2D eigenvalue weighted by atomic mass is 10.2. The van der Waals surface area contributed by atoms with Crippen LogP contribution in [0.4, 0.5) is 0 Å². The number of carbonyl (C=O) groups excluding carboxylic acids is 2. The maximum absolute atomic E-state index is 12.6. The molecule has 0 saturated carbocycles. The molecule has 0 spiro atoms. The normalized spacial score (nSPS) is 22.5. The molecule has 2 aliphatic heterocycles. The number of sulfone groups is 1. The monoisotopic (exact) mass is 411 g/mol. The number of carbonyl (C=O) groups is 2. The lowest BCUT2D eigenvalue weighted by molar-refractivity contribution is -0.160. The van der Waals surface area contributed by atoms with Gasteiger partial charge in [0.15, 0.2) is 27.9 Å². The van der Waals surface area contributed by atoms with Crippen molar-refractivity contribution in [2.45, 2.75) is 38.3 Å². The summed E-state index contributed by atoms with van der Waals surface area (Å²) in [6.07, 6.45) is 1.10. The van der Waals surface area contributed by atoms with Crippen LogP contribution in [0.3, 0.4) is 0 Å². The maximum atomic E-state index is 12.6. The first-order valence-corrected chi connectivity index (χ1v) is 11.3. The molecular formula is C19H25NO7S. The summed E-state index contributed by atoms with van der Waals surface area (Å²) in [5.41, 5.74) is 0. The van der Waals surface area contributed by atoms with Gasteiger partial charge in [0, 0.05) is 12.6 Å². The Morgan fingerprint density at radius 3 is 2.68 bits per heavy atom. The van der Waals surface area contributed by atoms with E-state index in [0.29, 0.717) is 24.5 Å². The summed E-state index contributed by atoms with van der Waals surface area (Å²) in [6.45, 7) is 2.00. The molecule has 0 aromatic heterocycles. The number of para-hydroxylation sites is 2. The van der Waals surface area contributed by atoms with Crippen molar-refractivity contribution in [2.24, 2.45) is 0 Å². The number of unbranched alkanes of at least 4 members (excludes halogenated alkanes) is 1. The average Bonchev–Trinajstić information content (AvgIpc) is 3.05. The number of benzene rings is 1. The van der Waals surface area contributed by atoms with Crippen LogP contribution < -0.4 is 9.47 Å². The molecule has 8 nitrogen and oxygen atoms in total. The SMILES string of the molecule is CCCCN(C(=O)COC(=O)[C@@H]1COc2ccccc2O1)[C@H]1CCS(=O)(=O)C1. The van der Waals surface area contributed by atoms with Gasteiger partial charge in [-0.15, -0.1) is 0 Å². The molecule has 2 heterocycles. The second-order valence-electron chi connectivity index (χ2n) is 6.97. The van der Waals surface area contributed by atoms with Crippen LogP contribution in [0.5, 0.6) is 11.5 Å². The van der Waals surface area contributed by atoms with Crippen LogP contribution in [0.2, 0.25) is 0 Å². The van der Waals surface area contributed by atoms with E-state index in [9.17, 15) is 18.0 Å². The Bertz CT molecular complexity index is 823. The van der Waals surface area contributed by atoms with Gasteiger partial charge in [0.05, 0.1) is 11.5 Å². The molecule has 0 unspecified atom stereocenters. The zero-order valence-electron chi connectivity index (χ0n) is 15.8. The lowest BCUT2D eigenvalue weighted by Crippen LogP contribution is -2.45. The van der Waals surface area contributed by atoms with Crippen molar-refractivity contribution >= 4 is 21.7 Å². The molecule has 1 aromatic carbocycles. The molecule has 0 bridgehead atoms. The summed E-state index contributed by atoms with van der Waals surface area (Å²) in [6, 6.07) is 6.63. The predicted octanol–water partition coefficient (Wildman–Crippen LogP) is 1.19. The highest BCUT2D eigenvalue weighted by Gasteiger charge is 2.35. The Balaban J connectivity index is 1.56. The van der Waals surface area contributed by atoms with Crippen LogP contribution in [-0.2, 0) is 24.2 Å². The molecule has 2 atom stereocenters. The first kappa shape index (κ1) is 20.4. The van der Waals surface area contributed by atoms with Crippen molar-refractivity contribution in [3.05, 3.63) is 24.3 Å². The highest BCUT2D eigenvalue weighted by Crippen LogP contribution is 2.31. The van der Waals surface area contributed by atoms with Crippen LogP contribution in [0, 0.1) is 0 Å². The van der Waals surface area contributed by atoms with Gasteiger partial charge in [0.1, 0.15) is 6.61 Å². The summed E-state index contributed by atoms with van der Waals surface area (Å²) in [5.74, 6) is -0.0239. The summed E-state index contributed by atoms with van der Waals surface area (Å²) in [7, 11) is -3.11. The molecule has 3 rings (SSSR count). The third-order valence-corrected chi connectivity index (χ3v) is 6.58. The smallest absolute Gasteiger partial charge is 0.351 e. The molecule has 0 radical (unpaired) electrons. The molecule has 0 N–H and O–H groups in total. The zero-order valence-corrected chi connectivity index (χ0v) is 16.7. The van der Waals surface area contributed by atoms with Gasteiger partial charge in [-0.1, -0.05) is 25.5 Å². The van der Waals surface area contributed by atoms with Gasteiger partial charge >= 0.3 is 5.97 Å². The zero-order chi connectivity index (χ0) is 20.1. The second-order valence-corrected chi connectivity index (χ2v) is 9.20. The first-order valence-electron chi connectivity index (χ1n) is 9.44. The molecule has 1 saturated heterocycles. The molecule has 1 fully saturated rings. The van der Waals surface area contributed by atoms with Crippen LogP contribution >= 0.6 is 0 Å². The van der Waals surface area contributed by atoms with E-state index in [1.807, 2.05) is 6.92 Å². The Hall–Kier alpha value is -2.29.